The molecule has 0 saturated carbocycles. The quantitative estimate of drug-likeness (QED) is 0.741. The van der Waals surface area contributed by atoms with E-state index in [1.165, 1.54) is 0 Å². The summed E-state index contributed by atoms with van der Waals surface area (Å²) in [4.78, 5) is 11.8. The second-order valence-corrected chi connectivity index (χ2v) is 4.18. The first-order valence-electron chi connectivity index (χ1n) is 5.56. The number of nitrogens with one attached hydrogen (secondary N) is 2. The van der Waals surface area contributed by atoms with Crippen molar-refractivity contribution in [1.29, 1.82) is 0 Å². The van der Waals surface area contributed by atoms with Gasteiger partial charge in [-0.15, -0.1) is 10.2 Å². The predicted octanol–water partition coefficient (Wildman–Crippen LogP) is -0.256. The van der Waals surface area contributed by atoms with E-state index in [9.17, 15) is 4.79 Å². The van der Waals surface area contributed by atoms with E-state index in [-0.39, 0.29) is 18.0 Å². The van der Waals surface area contributed by atoms with Crippen molar-refractivity contribution in [1.82, 2.24) is 25.4 Å². The fourth-order valence-corrected chi connectivity index (χ4v) is 1.97. The topological polar surface area (TPSA) is 71.8 Å². The Morgan fingerprint density at radius 2 is 2.56 bits per heavy atom. The summed E-state index contributed by atoms with van der Waals surface area (Å²) < 4.78 is 1.81. The minimum absolute atomic E-state index is 0.0457. The molecule has 1 aromatic rings. The van der Waals surface area contributed by atoms with Crippen molar-refractivity contribution >= 4 is 5.91 Å². The van der Waals surface area contributed by atoms with Crippen LogP contribution in [-0.2, 0) is 11.8 Å². The van der Waals surface area contributed by atoms with Crippen LogP contribution in [0.5, 0.6) is 0 Å². The second-order valence-electron chi connectivity index (χ2n) is 4.18. The van der Waals surface area contributed by atoms with E-state index < -0.39 is 0 Å². The highest BCUT2D eigenvalue weighted by Gasteiger charge is 2.24. The fourth-order valence-electron chi connectivity index (χ4n) is 1.97. The first-order chi connectivity index (χ1) is 7.68. The predicted molar refractivity (Wildman–Crippen MR) is 58.6 cm³/mol. The normalized spacial score (nSPS) is 22.0. The monoisotopic (exact) mass is 223 g/mol. The third kappa shape index (κ3) is 2.21. The van der Waals surface area contributed by atoms with Crippen LogP contribution in [0.1, 0.15) is 31.6 Å². The van der Waals surface area contributed by atoms with E-state index in [1.807, 2.05) is 18.5 Å². The zero-order chi connectivity index (χ0) is 11.5. The van der Waals surface area contributed by atoms with E-state index >= 15 is 0 Å². The van der Waals surface area contributed by atoms with Crippen LogP contribution in [0.15, 0.2) is 6.33 Å². The first-order valence-corrected chi connectivity index (χ1v) is 5.56. The molecule has 6 heteroatoms. The molecule has 2 rings (SSSR count). The molecule has 2 unspecified atom stereocenters. The molecule has 1 amide bonds. The average Bonchev–Trinajstić information content (AvgIpc) is 2.86. The van der Waals surface area contributed by atoms with Crippen molar-refractivity contribution in [2.75, 3.05) is 6.54 Å². The summed E-state index contributed by atoms with van der Waals surface area (Å²) in [5, 5.41) is 13.9. The molecule has 16 heavy (non-hydrogen) atoms. The molecule has 2 atom stereocenters. The Balaban J connectivity index is 1.94. The summed E-state index contributed by atoms with van der Waals surface area (Å²) in [5.74, 6) is 0.819. The van der Waals surface area contributed by atoms with Gasteiger partial charge in [0.2, 0.25) is 5.91 Å². The van der Waals surface area contributed by atoms with E-state index in [0.29, 0.717) is 0 Å². The molecular weight excluding hydrogens is 206 g/mol. The lowest BCUT2D eigenvalue weighted by Gasteiger charge is -2.16. The Bertz CT molecular complexity index is 369. The Hall–Kier alpha value is -1.43. The molecule has 1 saturated heterocycles. The van der Waals surface area contributed by atoms with Crippen molar-refractivity contribution < 1.29 is 4.79 Å². The maximum Gasteiger partial charge on any atom is 0.237 e. The number of aromatic nitrogens is 3. The number of carbonyl (C=O) groups is 1. The zero-order valence-corrected chi connectivity index (χ0v) is 9.60. The molecule has 0 radical (unpaired) electrons. The van der Waals surface area contributed by atoms with Crippen molar-refractivity contribution in [3.63, 3.8) is 0 Å². The lowest BCUT2D eigenvalue weighted by atomic mass is 10.2. The summed E-state index contributed by atoms with van der Waals surface area (Å²) >= 11 is 0. The third-order valence-corrected chi connectivity index (χ3v) is 2.87. The average molecular weight is 223 g/mol. The molecule has 1 aliphatic rings. The molecule has 0 spiro atoms. The van der Waals surface area contributed by atoms with Gasteiger partial charge in [0.1, 0.15) is 6.33 Å². The second kappa shape index (κ2) is 4.61. The van der Waals surface area contributed by atoms with Gasteiger partial charge in [0.15, 0.2) is 5.82 Å². The van der Waals surface area contributed by atoms with Crippen molar-refractivity contribution in [2.45, 2.75) is 31.8 Å². The number of nitrogens with zero attached hydrogens (tertiary/aromatic N) is 3. The van der Waals surface area contributed by atoms with Gasteiger partial charge in [-0.05, 0) is 26.3 Å². The van der Waals surface area contributed by atoms with E-state index in [0.717, 1.165) is 25.2 Å². The Morgan fingerprint density at radius 1 is 1.75 bits per heavy atom. The van der Waals surface area contributed by atoms with Gasteiger partial charge < -0.3 is 15.2 Å². The molecule has 0 aliphatic carbocycles. The summed E-state index contributed by atoms with van der Waals surface area (Å²) in [6.45, 7) is 2.84. The highest BCUT2D eigenvalue weighted by Crippen LogP contribution is 2.10. The van der Waals surface area contributed by atoms with Crippen LogP contribution in [0.2, 0.25) is 0 Å². The van der Waals surface area contributed by atoms with Crippen LogP contribution in [-0.4, -0.2) is 33.3 Å². The van der Waals surface area contributed by atoms with Crippen molar-refractivity contribution in [2.24, 2.45) is 7.05 Å². The minimum atomic E-state index is -0.109. The van der Waals surface area contributed by atoms with Gasteiger partial charge in [-0.3, -0.25) is 4.79 Å². The summed E-state index contributed by atoms with van der Waals surface area (Å²) in [7, 11) is 1.87. The van der Waals surface area contributed by atoms with Gasteiger partial charge in [-0.2, -0.15) is 0 Å². The van der Waals surface area contributed by atoms with Gasteiger partial charge >= 0.3 is 0 Å². The standard InChI is InChI=1S/C10H17N5O/c1-7(9-14-12-6-15(9)2)13-10(16)8-4-3-5-11-8/h6-8,11H,3-5H2,1-2H3,(H,13,16). The highest BCUT2D eigenvalue weighted by atomic mass is 16.2. The van der Waals surface area contributed by atoms with Crippen LogP contribution in [0.4, 0.5) is 0 Å². The van der Waals surface area contributed by atoms with Crippen LogP contribution < -0.4 is 10.6 Å². The minimum Gasteiger partial charge on any atom is -0.345 e. The van der Waals surface area contributed by atoms with Gasteiger partial charge in [0.05, 0.1) is 12.1 Å². The summed E-state index contributed by atoms with van der Waals surface area (Å²) in [5.41, 5.74) is 0. The lowest BCUT2D eigenvalue weighted by molar-refractivity contribution is -0.123. The summed E-state index contributed by atoms with van der Waals surface area (Å²) in [6, 6.07) is -0.155. The van der Waals surface area contributed by atoms with Crippen molar-refractivity contribution in [3.05, 3.63) is 12.2 Å². The van der Waals surface area contributed by atoms with Crippen LogP contribution in [0, 0.1) is 0 Å². The van der Waals surface area contributed by atoms with Gasteiger partial charge in [0, 0.05) is 7.05 Å². The highest BCUT2D eigenvalue weighted by molar-refractivity contribution is 5.82. The number of hydrogen-bond donors (Lipinski definition) is 2. The maximum absolute atomic E-state index is 11.8. The molecule has 88 valence electrons. The van der Waals surface area contributed by atoms with Crippen LogP contribution in [0.25, 0.3) is 0 Å². The van der Waals surface area contributed by atoms with Crippen molar-refractivity contribution in [3.8, 4) is 0 Å². The third-order valence-electron chi connectivity index (χ3n) is 2.87. The largest absolute Gasteiger partial charge is 0.345 e. The van der Waals surface area contributed by atoms with Gasteiger partial charge in [-0.25, -0.2) is 0 Å². The molecule has 1 aliphatic heterocycles. The van der Waals surface area contributed by atoms with E-state index in [4.69, 9.17) is 0 Å². The first kappa shape index (κ1) is 11.1. The molecule has 0 aromatic carbocycles. The molecule has 1 aromatic heterocycles. The fraction of sp³-hybridized carbons (Fsp3) is 0.700. The van der Waals surface area contributed by atoms with Crippen LogP contribution in [0.3, 0.4) is 0 Å². The van der Waals surface area contributed by atoms with E-state index in [1.54, 1.807) is 6.33 Å². The molecule has 2 N–H and O–H groups in total. The SMILES string of the molecule is CC(NC(=O)C1CCCN1)c1nncn1C. The maximum atomic E-state index is 11.8. The molecule has 6 nitrogen and oxygen atoms in total. The van der Waals surface area contributed by atoms with Crippen LogP contribution >= 0.6 is 0 Å². The number of amides is 1. The molecule has 0 bridgehead atoms. The summed E-state index contributed by atoms with van der Waals surface area (Å²) in [6.07, 6.45) is 3.61. The Morgan fingerprint density at radius 3 is 3.12 bits per heavy atom. The Labute approximate surface area is 94.4 Å². The molecular formula is C10H17N5O. The van der Waals surface area contributed by atoms with E-state index in [2.05, 4.69) is 20.8 Å². The number of carbonyl (C=O) groups excluding carboxylic acids is 1. The molecule has 1 fully saturated rings. The van der Waals surface area contributed by atoms with Gasteiger partial charge in [-0.1, -0.05) is 0 Å². The van der Waals surface area contributed by atoms with Gasteiger partial charge in [0.25, 0.3) is 0 Å². The zero-order valence-electron chi connectivity index (χ0n) is 9.60. The number of rotatable bonds is 3. The molecule has 2 heterocycles. The Kier molecular flexibility index (Phi) is 3.19. The smallest absolute Gasteiger partial charge is 0.237 e. The number of aryl methyl sites for hydroxylation is 1. The lowest BCUT2D eigenvalue weighted by Crippen LogP contribution is -2.41. The number of hydrogen-bond acceptors (Lipinski definition) is 4.